The van der Waals surface area contributed by atoms with Crippen LogP contribution in [-0.4, -0.2) is 44.4 Å². The molecule has 0 spiro atoms. The van der Waals surface area contributed by atoms with Crippen LogP contribution in [0.5, 0.6) is 5.75 Å². The van der Waals surface area contributed by atoms with Gasteiger partial charge in [0.15, 0.2) is 0 Å². The SMILES string of the molecule is COc1ccc2c(CCN(Cc3cnn(C)c3C)C3CCc4cc(C=CC(=O)NO)ccc43)c[nH]c2c1. The fraction of sp³-hybridized carbons (Fsp3) is 0.310. The molecule has 2 aromatic carbocycles. The number of ether oxygens (including phenoxy) is 1. The predicted molar refractivity (Wildman–Crippen MR) is 143 cm³/mol. The van der Waals surface area contributed by atoms with Gasteiger partial charge in [-0.1, -0.05) is 18.2 Å². The lowest BCUT2D eigenvalue weighted by atomic mass is 10.0. The third kappa shape index (κ3) is 5.16. The van der Waals surface area contributed by atoms with E-state index < -0.39 is 5.91 Å². The molecule has 1 atom stereocenters. The molecule has 4 aromatic rings. The van der Waals surface area contributed by atoms with Crippen LogP contribution >= 0.6 is 0 Å². The number of fused-ring (bicyclic) bond motifs is 2. The molecule has 5 rings (SSSR count). The van der Waals surface area contributed by atoms with Crippen LogP contribution in [0.4, 0.5) is 0 Å². The Labute approximate surface area is 216 Å². The van der Waals surface area contributed by atoms with E-state index in [0.29, 0.717) is 6.04 Å². The Hall–Kier alpha value is -3.88. The quantitative estimate of drug-likeness (QED) is 0.179. The Morgan fingerprint density at radius 1 is 1.30 bits per heavy atom. The summed E-state index contributed by atoms with van der Waals surface area (Å²) in [6.45, 7) is 3.87. The molecule has 1 aliphatic rings. The zero-order valence-corrected chi connectivity index (χ0v) is 21.5. The van der Waals surface area contributed by atoms with E-state index in [0.717, 1.165) is 49.2 Å². The van der Waals surface area contributed by atoms with Gasteiger partial charge < -0.3 is 9.72 Å². The smallest absolute Gasteiger partial charge is 0.267 e. The zero-order chi connectivity index (χ0) is 25.9. The molecule has 192 valence electrons. The fourth-order valence-corrected chi connectivity index (χ4v) is 5.33. The lowest BCUT2D eigenvalue weighted by molar-refractivity contribution is -0.124. The van der Waals surface area contributed by atoms with E-state index in [-0.39, 0.29) is 0 Å². The molecule has 8 nitrogen and oxygen atoms in total. The van der Waals surface area contributed by atoms with Gasteiger partial charge in [-0.15, -0.1) is 0 Å². The topological polar surface area (TPSA) is 95.4 Å². The van der Waals surface area contributed by atoms with Crippen molar-refractivity contribution in [1.29, 1.82) is 0 Å². The number of H-pyrrole nitrogens is 1. The van der Waals surface area contributed by atoms with Crippen molar-refractivity contribution in [2.45, 2.75) is 38.8 Å². The van der Waals surface area contributed by atoms with Gasteiger partial charge in [-0.25, -0.2) is 5.48 Å². The van der Waals surface area contributed by atoms with Gasteiger partial charge in [-0.05, 0) is 66.6 Å². The molecule has 8 heteroatoms. The van der Waals surface area contributed by atoms with Crippen molar-refractivity contribution in [3.05, 3.63) is 88.4 Å². The van der Waals surface area contributed by atoms with Crippen LogP contribution in [0.25, 0.3) is 17.0 Å². The number of benzene rings is 2. The summed E-state index contributed by atoms with van der Waals surface area (Å²) in [5, 5.41) is 14.4. The molecular formula is C29H33N5O3. The maximum Gasteiger partial charge on any atom is 0.267 e. The van der Waals surface area contributed by atoms with E-state index >= 15 is 0 Å². The van der Waals surface area contributed by atoms with Crippen molar-refractivity contribution in [2.75, 3.05) is 13.7 Å². The molecule has 0 saturated heterocycles. The van der Waals surface area contributed by atoms with Crippen LogP contribution in [-0.2, 0) is 31.2 Å². The van der Waals surface area contributed by atoms with E-state index in [9.17, 15) is 4.79 Å². The molecule has 0 radical (unpaired) electrons. The predicted octanol–water partition coefficient (Wildman–Crippen LogP) is 4.47. The number of carbonyl (C=O) groups is 1. The van der Waals surface area contributed by atoms with Crippen molar-refractivity contribution < 1.29 is 14.7 Å². The Bertz CT molecular complexity index is 1450. The fourth-order valence-electron chi connectivity index (χ4n) is 5.33. The molecular weight excluding hydrogens is 466 g/mol. The maximum atomic E-state index is 11.4. The number of nitrogens with zero attached hydrogens (tertiary/aromatic N) is 3. The molecule has 2 heterocycles. The number of amides is 1. The first-order valence-corrected chi connectivity index (χ1v) is 12.6. The molecule has 37 heavy (non-hydrogen) atoms. The number of hydroxylamine groups is 1. The van der Waals surface area contributed by atoms with Crippen LogP contribution in [0, 0.1) is 6.92 Å². The standard InChI is InChI=1S/C29H33N5O3/c1-19-23(17-31-33(19)2)18-34(13-12-22-16-30-27-15-24(37-3)7-9-25(22)27)28-10-6-21-14-20(4-8-26(21)28)5-11-29(35)32-36/h4-5,7-9,11,14-17,28,30,36H,6,10,12-13,18H2,1-3H3,(H,32,35). The van der Waals surface area contributed by atoms with Crippen LogP contribution in [0.1, 0.15) is 46.0 Å². The molecule has 1 aliphatic carbocycles. The second-order valence-corrected chi connectivity index (χ2v) is 9.65. The van der Waals surface area contributed by atoms with E-state index in [1.54, 1.807) is 18.7 Å². The van der Waals surface area contributed by atoms with Crippen molar-refractivity contribution in [3.8, 4) is 5.75 Å². The highest BCUT2D eigenvalue weighted by Gasteiger charge is 2.29. The van der Waals surface area contributed by atoms with E-state index in [1.165, 1.54) is 39.4 Å². The Morgan fingerprint density at radius 2 is 2.16 bits per heavy atom. The molecule has 1 amide bonds. The molecule has 1 unspecified atom stereocenters. The van der Waals surface area contributed by atoms with Gasteiger partial charge in [0.25, 0.3) is 5.91 Å². The van der Waals surface area contributed by atoms with Gasteiger partial charge in [0.1, 0.15) is 5.75 Å². The van der Waals surface area contributed by atoms with Crippen LogP contribution in [0.15, 0.2) is 54.9 Å². The highest BCUT2D eigenvalue weighted by atomic mass is 16.5. The Balaban J connectivity index is 1.40. The average molecular weight is 500 g/mol. The first-order valence-electron chi connectivity index (χ1n) is 12.6. The van der Waals surface area contributed by atoms with Gasteiger partial charge in [0.2, 0.25) is 0 Å². The van der Waals surface area contributed by atoms with Gasteiger partial charge in [-0.2, -0.15) is 5.10 Å². The zero-order valence-electron chi connectivity index (χ0n) is 21.5. The lowest BCUT2D eigenvalue weighted by Gasteiger charge is -2.30. The number of nitrogens with one attached hydrogen (secondary N) is 2. The van der Waals surface area contributed by atoms with Crippen molar-refractivity contribution >= 4 is 22.9 Å². The minimum atomic E-state index is -0.535. The van der Waals surface area contributed by atoms with Crippen LogP contribution < -0.4 is 10.2 Å². The first kappa shape index (κ1) is 24.8. The van der Waals surface area contributed by atoms with Gasteiger partial charge >= 0.3 is 0 Å². The third-order valence-electron chi connectivity index (χ3n) is 7.54. The number of aromatic nitrogens is 3. The minimum absolute atomic E-state index is 0.304. The third-order valence-corrected chi connectivity index (χ3v) is 7.54. The summed E-state index contributed by atoms with van der Waals surface area (Å²) >= 11 is 0. The van der Waals surface area contributed by atoms with E-state index in [2.05, 4.69) is 46.3 Å². The summed E-state index contributed by atoms with van der Waals surface area (Å²) in [6, 6.07) is 12.9. The molecule has 0 aliphatic heterocycles. The van der Waals surface area contributed by atoms with Crippen LogP contribution in [0.3, 0.4) is 0 Å². The number of carbonyl (C=O) groups excluding carboxylic acids is 1. The number of aryl methyl sites for hydroxylation is 2. The summed E-state index contributed by atoms with van der Waals surface area (Å²) in [5.74, 6) is 0.315. The second-order valence-electron chi connectivity index (χ2n) is 9.65. The van der Waals surface area contributed by atoms with Crippen molar-refractivity contribution in [2.24, 2.45) is 7.05 Å². The normalized spacial score (nSPS) is 15.1. The summed E-state index contributed by atoms with van der Waals surface area (Å²) in [6.07, 6.45) is 10.1. The van der Waals surface area contributed by atoms with E-state index in [1.807, 2.05) is 36.1 Å². The van der Waals surface area contributed by atoms with E-state index in [4.69, 9.17) is 9.94 Å². The second kappa shape index (κ2) is 10.6. The van der Waals surface area contributed by atoms with Gasteiger partial charge in [0.05, 0.1) is 13.3 Å². The Morgan fingerprint density at radius 3 is 2.92 bits per heavy atom. The molecule has 0 bridgehead atoms. The van der Waals surface area contributed by atoms with Crippen LogP contribution in [0.2, 0.25) is 0 Å². The number of rotatable bonds is 9. The summed E-state index contributed by atoms with van der Waals surface area (Å²) in [7, 11) is 3.67. The highest BCUT2D eigenvalue weighted by molar-refractivity contribution is 5.90. The average Bonchev–Trinajstić information content (AvgIpc) is 3.62. The lowest BCUT2D eigenvalue weighted by Crippen LogP contribution is -2.29. The Kier molecular flexibility index (Phi) is 7.12. The van der Waals surface area contributed by atoms with Crippen molar-refractivity contribution in [1.82, 2.24) is 25.1 Å². The number of hydrogen-bond donors (Lipinski definition) is 3. The summed E-state index contributed by atoms with van der Waals surface area (Å²) in [4.78, 5) is 17.4. The van der Waals surface area contributed by atoms with Crippen molar-refractivity contribution in [3.63, 3.8) is 0 Å². The van der Waals surface area contributed by atoms with Gasteiger partial charge in [0, 0.05) is 66.7 Å². The molecule has 0 fully saturated rings. The summed E-state index contributed by atoms with van der Waals surface area (Å²) in [5.41, 5.74) is 10.1. The number of hydrogen-bond acceptors (Lipinski definition) is 5. The highest BCUT2D eigenvalue weighted by Crippen LogP contribution is 2.38. The molecule has 0 saturated carbocycles. The molecule has 2 aromatic heterocycles. The largest absolute Gasteiger partial charge is 0.497 e. The van der Waals surface area contributed by atoms with Gasteiger partial charge in [-0.3, -0.25) is 19.6 Å². The minimum Gasteiger partial charge on any atom is -0.497 e. The monoisotopic (exact) mass is 499 g/mol. The maximum absolute atomic E-state index is 11.4. The first-order chi connectivity index (χ1) is 18.0. The molecule has 3 N–H and O–H groups in total. The number of methoxy groups -OCH3 is 1. The number of aromatic amines is 1. The summed E-state index contributed by atoms with van der Waals surface area (Å²) < 4.78 is 7.31.